The van der Waals surface area contributed by atoms with E-state index < -0.39 is 0 Å². The van der Waals surface area contributed by atoms with Crippen molar-refractivity contribution >= 4 is 5.91 Å². The molecule has 0 N–H and O–H groups in total. The molecule has 1 aliphatic heterocycles. The van der Waals surface area contributed by atoms with E-state index in [0.29, 0.717) is 11.8 Å². The summed E-state index contributed by atoms with van der Waals surface area (Å²) in [7, 11) is 0. The molecule has 0 radical (unpaired) electrons. The Morgan fingerprint density at radius 3 is 2.60 bits per heavy atom. The molecule has 1 heterocycles. The van der Waals surface area contributed by atoms with E-state index in [0.717, 1.165) is 19.4 Å². The predicted molar refractivity (Wildman–Crippen MR) is 61.2 cm³/mol. The van der Waals surface area contributed by atoms with Crippen molar-refractivity contribution in [1.82, 2.24) is 4.90 Å². The Morgan fingerprint density at radius 1 is 1.27 bits per heavy atom. The molecule has 2 nitrogen and oxygen atoms in total. The molecule has 0 saturated heterocycles. The highest BCUT2D eigenvalue weighted by Gasteiger charge is 2.32. The lowest BCUT2D eigenvalue weighted by atomic mass is 9.77. The van der Waals surface area contributed by atoms with Crippen LogP contribution in [0.3, 0.4) is 0 Å². The average molecular weight is 207 g/mol. The fourth-order valence-corrected chi connectivity index (χ4v) is 3.18. The Hall–Kier alpha value is -0.790. The van der Waals surface area contributed by atoms with Crippen LogP contribution < -0.4 is 0 Å². The summed E-state index contributed by atoms with van der Waals surface area (Å²) in [6.07, 6.45) is 4.80. The minimum atomic E-state index is 0.225. The van der Waals surface area contributed by atoms with Gasteiger partial charge in [-0.15, -0.1) is 0 Å². The fourth-order valence-electron chi connectivity index (χ4n) is 3.18. The third-order valence-corrected chi connectivity index (χ3v) is 3.94. The van der Waals surface area contributed by atoms with Gasteiger partial charge in [0.1, 0.15) is 0 Å². The minimum absolute atomic E-state index is 0.225. The monoisotopic (exact) mass is 207 g/mol. The molecule has 2 heteroatoms. The molecule has 1 aliphatic carbocycles. The highest BCUT2D eigenvalue weighted by atomic mass is 16.2. The smallest absolute Gasteiger partial charge is 0.223 e. The Morgan fingerprint density at radius 2 is 1.93 bits per heavy atom. The zero-order chi connectivity index (χ0) is 11.0. The van der Waals surface area contributed by atoms with Gasteiger partial charge in [-0.1, -0.05) is 13.8 Å². The molecule has 2 aliphatic rings. The molecule has 0 saturated carbocycles. The number of carbonyl (C=O) groups is 1. The fraction of sp³-hybridized carbons (Fsp3) is 0.769. The minimum Gasteiger partial charge on any atom is -0.316 e. The zero-order valence-electron chi connectivity index (χ0n) is 10.0. The van der Waals surface area contributed by atoms with Gasteiger partial charge in [0.15, 0.2) is 0 Å². The van der Waals surface area contributed by atoms with Crippen LogP contribution in [-0.2, 0) is 4.79 Å². The number of amides is 1. The molecule has 2 rings (SSSR count). The summed E-state index contributed by atoms with van der Waals surface area (Å²) in [5.41, 5.74) is 2.93. The van der Waals surface area contributed by atoms with Crippen molar-refractivity contribution < 1.29 is 4.79 Å². The van der Waals surface area contributed by atoms with E-state index in [9.17, 15) is 4.79 Å². The van der Waals surface area contributed by atoms with Crippen molar-refractivity contribution in [2.45, 2.75) is 46.5 Å². The normalized spacial score (nSPS) is 31.5. The molecule has 0 aromatic rings. The molecular formula is C13H21NO. The van der Waals surface area contributed by atoms with Crippen molar-refractivity contribution in [2.75, 3.05) is 6.54 Å². The van der Waals surface area contributed by atoms with Gasteiger partial charge in [-0.3, -0.25) is 4.79 Å². The summed E-state index contributed by atoms with van der Waals surface area (Å²) >= 11 is 0. The van der Waals surface area contributed by atoms with Gasteiger partial charge in [0.2, 0.25) is 5.91 Å². The van der Waals surface area contributed by atoms with Crippen LogP contribution in [0.25, 0.3) is 0 Å². The maximum atomic E-state index is 11.6. The molecule has 2 unspecified atom stereocenters. The lowest BCUT2D eigenvalue weighted by Crippen LogP contribution is -2.38. The van der Waals surface area contributed by atoms with Crippen LogP contribution in [0, 0.1) is 11.8 Å². The molecule has 2 atom stereocenters. The summed E-state index contributed by atoms with van der Waals surface area (Å²) < 4.78 is 0. The predicted octanol–water partition coefficient (Wildman–Crippen LogP) is 2.95. The molecular weight excluding hydrogens is 186 g/mol. The standard InChI is InChI=1S/C13H21NO/c1-9-5-4-6-12-13(9)10(2)7-8-14(12)11(3)15/h9-10H,4-8H2,1-3H3. The molecule has 1 amide bonds. The van der Waals surface area contributed by atoms with Gasteiger partial charge in [-0.25, -0.2) is 0 Å². The van der Waals surface area contributed by atoms with Crippen molar-refractivity contribution in [3.8, 4) is 0 Å². The first kappa shape index (κ1) is 10.7. The van der Waals surface area contributed by atoms with E-state index >= 15 is 0 Å². The maximum absolute atomic E-state index is 11.6. The van der Waals surface area contributed by atoms with Gasteiger partial charge < -0.3 is 4.90 Å². The van der Waals surface area contributed by atoms with Gasteiger partial charge in [-0.05, 0) is 43.1 Å². The average Bonchev–Trinajstić information content (AvgIpc) is 2.17. The van der Waals surface area contributed by atoms with Gasteiger partial charge in [0.05, 0.1) is 0 Å². The van der Waals surface area contributed by atoms with Gasteiger partial charge in [0, 0.05) is 19.2 Å². The summed E-state index contributed by atoms with van der Waals surface area (Å²) in [5.74, 6) is 1.60. The van der Waals surface area contributed by atoms with Crippen molar-refractivity contribution in [3.05, 3.63) is 11.3 Å². The second-order valence-corrected chi connectivity index (χ2v) is 5.06. The number of hydrogen-bond acceptors (Lipinski definition) is 1. The first-order valence-corrected chi connectivity index (χ1v) is 6.12. The van der Waals surface area contributed by atoms with E-state index in [1.54, 1.807) is 12.5 Å². The topological polar surface area (TPSA) is 20.3 Å². The van der Waals surface area contributed by atoms with Crippen LogP contribution in [0.5, 0.6) is 0 Å². The molecule has 0 aromatic carbocycles. The van der Waals surface area contributed by atoms with Crippen LogP contribution in [0.4, 0.5) is 0 Å². The Balaban J connectivity index is 2.37. The molecule has 84 valence electrons. The van der Waals surface area contributed by atoms with Crippen LogP contribution >= 0.6 is 0 Å². The lowest BCUT2D eigenvalue weighted by Gasteiger charge is -2.40. The Kier molecular flexibility index (Phi) is 2.85. The Labute approximate surface area is 92.3 Å². The highest BCUT2D eigenvalue weighted by molar-refractivity contribution is 5.75. The van der Waals surface area contributed by atoms with Crippen LogP contribution in [-0.4, -0.2) is 17.4 Å². The van der Waals surface area contributed by atoms with E-state index in [4.69, 9.17) is 0 Å². The molecule has 15 heavy (non-hydrogen) atoms. The summed E-state index contributed by atoms with van der Waals surface area (Å²) in [6, 6.07) is 0. The number of carbonyl (C=O) groups excluding carboxylic acids is 1. The van der Waals surface area contributed by atoms with E-state index in [1.807, 2.05) is 4.90 Å². The molecule has 0 bridgehead atoms. The number of rotatable bonds is 0. The first-order chi connectivity index (χ1) is 7.11. The lowest BCUT2D eigenvalue weighted by molar-refractivity contribution is -0.127. The van der Waals surface area contributed by atoms with Gasteiger partial charge in [-0.2, -0.15) is 0 Å². The third-order valence-electron chi connectivity index (χ3n) is 3.94. The molecule has 0 aromatic heterocycles. The summed E-state index contributed by atoms with van der Waals surface area (Å²) in [6.45, 7) is 7.26. The molecule has 0 fully saturated rings. The summed E-state index contributed by atoms with van der Waals surface area (Å²) in [5, 5.41) is 0. The first-order valence-electron chi connectivity index (χ1n) is 6.12. The van der Waals surface area contributed by atoms with E-state index in [1.165, 1.54) is 18.5 Å². The summed E-state index contributed by atoms with van der Waals surface area (Å²) in [4.78, 5) is 13.6. The zero-order valence-corrected chi connectivity index (χ0v) is 10.0. The van der Waals surface area contributed by atoms with Crippen molar-refractivity contribution in [1.29, 1.82) is 0 Å². The van der Waals surface area contributed by atoms with Crippen LogP contribution in [0.15, 0.2) is 11.3 Å². The second kappa shape index (κ2) is 3.99. The Bertz CT molecular complexity index is 300. The number of nitrogens with zero attached hydrogens (tertiary/aromatic N) is 1. The number of hydrogen-bond donors (Lipinski definition) is 0. The van der Waals surface area contributed by atoms with Crippen LogP contribution in [0.2, 0.25) is 0 Å². The molecule has 0 spiro atoms. The highest BCUT2D eigenvalue weighted by Crippen LogP contribution is 2.40. The largest absolute Gasteiger partial charge is 0.316 e. The van der Waals surface area contributed by atoms with Crippen molar-refractivity contribution in [3.63, 3.8) is 0 Å². The van der Waals surface area contributed by atoms with Crippen LogP contribution in [0.1, 0.15) is 46.5 Å². The van der Waals surface area contributed by atoms with Gasteiger partial charge in [0.25, 0.3) is 0 Å². The second-order valence-electron chi connectivity index (χ2n) is 5.06. The van der Waals surface area contributed by atoms with E-state index in [-0.39, 0.29) is 5.91 Å². The number of allylic oxidation sites excluding steroid dienone is 2. The van der Waals surface area contributed by atoms with Crippen molar-refractivity contribution in [2.24, 2.45) is 11.8 Å². The third kappa shape index (κ3) is 1.82. The van der Waals surface area contributed by atoms with Gasteiger partial charge >= 0.3 is 0 Å². The SMILES string of the molecule is CC(=O)N1CCC(C)C2=C1CCCC2C. The van der Waals surface area contributed by atoms with E-state index in [2.05, 4.69) is 13.8 Å². The maximum Gasteiger partial charge on any atom is 0.223 e. The quantitative estimate of drug-likeness (QED) is 0.598.